The summed E-state index contributed by atoms with van der Waals surface area (Å²) in [6, 6.07) is 3.55. The molecule has 2 atom stereocenters. The van der Waals surface area contributed by atoms with Crippen molar-refractivity contribution in [3.05, 3.63) is 22.4 Å². The van der Waals surface area contributed by atoms with Crippen molar-refractivity contribution in [3.8, 4) is 0 Å². The number of rotatable bonds is 7. The number of likely N-dealkylation sites (tertiary alicyclic amines) is 1. The Morgan fingerprint density at radius 3 is 2.79 bits per heavy atom. The topological polar surface area (TPSA) is 90.5 Å². The number of thiophene rings is 1. The molecule has 156 valence electrons. The molecule has 3 rings (SSSR count). The Labute approximate surface area is 176 Å². The standard InChI is InChI=1S/C19H28N4O3S.ClH/c24-17(7-9-21-19(26)16-6-3-11-27-16)23-10-2-4-14(13-23)12-22-18(25)15-5-1-8-20-15;/h3,6,11,14-15,20H,1-2,4-5,7-10,12-13H2,(H,21,26)(H,22,25);1H. The van der Waals surface area contributed by atoms with E-state index in [0.29, 0.717) is 36.9 Å². The zero-order chi connectivity index (χ0) is 19.1. The molecule has 2 aliphatic rings. The molecule has 2 aliphatic heterocycles. The highest BCUT2D eigenvalue weighted by Crippen LogP contribution is 2.17. The number of halogens is 1. The Morgan fingerprint density at radius 1 is 1.21 bits per heavy atom. The lowest BCUT2D eigenvalue weighted by Crippen LogP contribution is -2.47. The second-order valence-corrected chi connectivity index (χ2v) is 8.17. The molecule has 0 radical (unpaired) electrons. The first-order valence-electron chi connectivity index (χ1n) is 9.74. The molecule has 0 aromatic carbocycles. The Morgan fingerprint density at radius 2 is 2.07 bits per heavy atom. The van der Waals surface area contributed by atoms with Gasteiger partial charge in [0.25, 0.3) is 5.91 Å². The second kappa shape index (κ2) is 11.4. The molecule has 3 N–H and O–H groups in total. The lowest BCUT2D eigenvalue weighted by atomic mass is 9.97. The van der Waals surface area contributed by atoms with Crippen LogP contribution in [0.4, 0.5) is 0 Å². The van der Waals surface area contributed by atoms with E-state index in [4.69, 9.17) is 0 Å². The Kier molecular flexibility index (Phi) is 9.21. The molecule has 0 spiro atoms. The predicted molar refractivity (Wildman–Crippen MR) is 112 cm³/mol. The van der Waals surface area contributed by atoms with Crippen LogP contribution in [0.1, 0.15) is 41.8 Å². The molecule has 2 unspecified atom stereocenters. The van der Waals surface area contributed by atoms with Crippen LogP contribution in [-0.4, -0.2) is 61.4 Å². The van der Waals surface area contributed by atoms with Gasteiger partial charge in [-0.1, -0.05) is 6.07 Å². The summed E-state index contributed by atoms with van der Waals surface area (Å²) in [4.78, 5) is 39.0. The molecule has 0 saturated carbocycles. The zero-order valence-electron chi connectivity index (χ0n) is 15.9. The van der Waals surface area contributed by atoms with Crippen molar-refractivity contribution in [2.24, 2.45) is 5.92 Å². The number of piperidine rings is 1. The molecule has 2 fully saturated rings. The highest BCUT2D eigenvalue weighted by molar-refractivity contribution is 7.12. The highest BCUT2D eigenvalue weighted by atomic mass is 35.5. The average Bonchev–Trinajstić information content (AvgIpc) is 3.40. The molecule has 28 heavy (non-hydrogen) atoms. The molecule has 1 aromatic heterocycles. The van der Waals surface area contributed by atoms with E-state index in [2.05, 4.69) is 16.0 Å². The first kappa shape index (κ1) is 22.6. The summed E-state index contributed by atoms with van der Waals surface area (Å²) < 4.78 is 0. The molecular weight excluding hydrogens is 400 g/mol. The van der Waals surface area contributed by atoms with Gasteiger partial charge in [-0.3, -0.25) is 14.4 Å². The van der Waals surface area contributed by atoms with Crippen LogP contribution in [-0.2, 0) is 9.59 Å². The second-order valence-electron chi connectivity index (χ2n) is 7.23. The number of nitrogens with zero attached hydrogens (tertiary/aromatic N) is 1. The van der Waals surface area contributed by atoms with Crippen LogP contribution in [0.2, 0.25) is 0 Å². The predicted octanol–water partition coefficient (Wildman–Crippen LogP) is 1.40. The molecule has 7 nitrogen and oxygen atoms in total. The van der Waals surface area contributed by atoms with Gasteiger partial charge in [0.1, 0.15) is 0 Å². The van der Waals surface area contributed by atoms with Gasteiger partial charge in [-0.15, -0.1) is 23.7 Å². The summed E-state index contributed by atoms with van der Waals surface area (Å²) in [6.45, 7) is 3.31. The Balaban J connectivity index is 0.00000280. The third-order valence-electron chi connectivity index (χ3n) is 5.18. The highest BCUT2D eigenvalue weighted by Gasteiger charge is 2.26. The zero-order valence-corrected chi connectivity index (χ0v) is 17.6. The van der Waals surface area contributed by atoms with Crippen molar-refractivity contribution < 1.29 is 14.4 Å². The van der Waals surface area contributed by atoms with Gasteiger partial charge >= 0.3 is 0 Å². The summed E-state index contributed by atoms with van der Waals surface area (Å²) in [5, 5.41) is 10.9. The summed E-state index contributed by atoms with van der Waals surface area (Å²) in [7, 11) is 0. The minimum atomic E-state index is -0.127. The fraction of sp³-hybridized carbons (Fsp3) is 0.632. The number of hydrogen-bond donors (Lipinski definition) is 3. The summed E-state index contributed by atoms with van der Waals surface area (Å²) in [5.41, 5.74) is 0. The summed E-state index contributed by atoms with van der Waals surface area (Å²) in [6.07, 6.45) is 4.24. The molecule has 0 bridgehead atoms. The summed E-state index contributed by atoms with van der Waals surface area (Å²) >= 11 is 1.39. The molecule has 3 heterocycles. The monoisotopic (exact) mass is 428 g/mol. The van der Waals surface area contributed by atoms with E-state index in [-0.39, 0.29) is 36.2 Å². The van der Waals surface area contributed by atoms with Crippen LogP contribution in [0.3, 0.4) is 0 Å². The van der Waals surface area contributed by atoms with Gasteiger partial charge in [-0.25, -0.2) is 0 Å². The van der Waals surface area contributed by atoms with Crippen molar-refractivity contribution in [3.63, 3.8) is 0 Å². The largest absolute Gasteiger partial charge is 0.354 e. The average molecular weight is 429 g/mol. The molecule has 2 saturated heterocycles. The van der Waals surface area contributed by atoms with Gasteiger partial charge in [0.15, 0.2) is 0 Å². The molecule has 1 aromatic rings. The van der Waals surface area contributed by atoms with Crippen LogP contribution in [0, 0.1) is 5.92 Å². The van der Waals surface area contributed by atoms with Crippen LogP contribution in [0.5, 0.6) is 0 Å². The van der Waals surface area contributed by atoms with E-state index >= 15 is 0 Å². The van der Waals surface area contributed by atoms with Crippen LogP contribution in [0.15, 0.2) is 17.5 Å². The number of hydrogen-bond acceptors (Lipinski definition) is 5. The maximum Gasteiger partial charge on any atom is 0.261 e. The number of carbonyl (C=O) groups excluding carboxylic acids is 3. The van der Waals surface area contributed by atoms with Gasteiger partial charge in [-0.2, -0.15) is 0 Å². The first-order chi connectivity index (χ1) is 13.1. The fourth-order valence-corrected chi connectivity index (χ4v) is 4.31. The van der Waals surface area contributed by atoms with Gasteiger partial charge < -0.3 is 20.9 Å². The van der Waals surface area contributed by atoms with E-state index in [0.717, 1.165) is 38.8 Å². The first-order valence-corrected chi connectivity index (χ1v) is 10.6. The van der Waals surface area contributed by atoms with Crippen molar-refractivity contribution in [1.82, 2.24) is 20.9 Å². The van der Waals surface area contributed by atoms with E-state index in [1.54, 1.807) is 6.07 Å². The minimum absolute atomic E-state index is 0. The van der Waals surface area contributed by atoms with E-state index in [1.807, 2.05) is 16.3 Å². The van der Waals surface area contributed by atoms with E-state index in [1.165, 1.54) is 11.3 Å². The van der Waals surface area contributed by atoms with Crippen LogP contribution >= 0.6 is 23.7 Å². The SMILES string of the molecule is Cl.O=C(NCCC(=O)N1CCCC(CNC(=O)C2CCCN2)C1)c1cccs1. The van der Waals surface area contributed by atoms with Crippen LogP contribution in [0.25, 0.3) is 0 Å². The summed E-state index contributed by atoms with van der Waals surface area (Å²) in [5.74, 6) is 0.313. The molecular formula is C19H29ClN4O3S. The molecule has 9 heteroatoms. The Hall–Kier alpha value is -1.64. The third kappa shape index (κ3) is 6.46. The van der Waals surface area contributed by atoms with Crippen LogP contribution < -0.4 is 16.0 Å². The fourth-order valence-electron chi connectivity index (χ4n) is 3.67. The van der Waals surface area contributed by atoms with Gasteiger partial charge in [0.2, 0.25) is 11.8 Å². The minimum Gasteiger partial charge on any atom is -0.354 e. The van der Waals surface area contributed by atoms with E-state index < -0.39 is 0 Å². The van der Waals surface area contributed by atoms with Gasteiger partial charge in [0.05, 0.1) is 10.9 Å². The Bertz CT molecular complexity index is 650. The molecule has 3 amide bonds. The van der Waals surface area contributed by atoms with E-state index in [9.17, 15) is 14.4 Å². The van der Waals surface area contributed by atoms with Crippen molar-refractivity contribution in [1.29, 1.82) is 0 Å². The lowest BCUT2D eigenvalue weighted by molar-refractivity contribution is -0.132. The number of nitrogens with one attached hydrogen (secondary N) is 3. The third-order valence-corrected chi connectivity index (χ3v) is 6.05. The maximum atomic E-state index is 12.4. The maximum absolute atomic E-state index is 12.4. The number of amides is 3. The quantitative estimate of drug-likeness (QED) is 0.612. The molecule has 0 aliphatic carbocycles. The lowest BCUT2D eigenvalue weighted by Gasteiger charge is -2.33. The van der Waals surface area contributed by atoms with Crippen molar-refractivity contribution >= 4 is 41.5 Å². The van der Waals surface area contributed by atoms with Gasteiger partial charge in [0, 0.05) is 32.6 Å². The normalized spacial score (nSPS) is 21.6. The van der Waals surface area contributed by atoms with Gasteiger partial charge in [-0.05, 0) is 49.6 Å². The van der Waals surface area contributed by atoms with Crippen molar-refractivity contribution in [2.45, 2.75) is 38.1 Å². The number of carbonyl (C=O) groups is 3. The smallest absolute Gasteiger partial charge is 0.261 e. The van der Waals surface area contributed by atoms with Crippen molar-refractivity contribution in [2.75, 3.05) is 32.7 Å².